The molecule has 0 fully saturated rings. The van der Waals surface area contributed by atoms with Gasteiger partial charge in [-0.2, -0.15) is 0 Å². The van der Waals surface area contributed by atoms with Gasteiger partial charge in [-0.25, -0.2) is 0 Å². The number of rotatable bonds is 1. The van der Waals surface area contributed by atoms with Crippen molar-refractivity contribution in [2.75, 3.05) is 0 Å². The van der Waals surface area contributed by atoms with Crippen LogP contribution in [0.15, 0.2) is 66.9 Å². The summed E-state index contributed by atoms with van der Waals surface area (Å²) >= 11 is -0.556. The van der Waals surface area contributed by atoms with Crippen LogP contribution >= 0.6 is 19.2 Å². The van der Waals surface area contributed by atoms with Gasteiger partial charge in [0, 0.05) is 17.1 Å². The predicted molar refractivity (Wildman–Crippen MR) is 78.9 cm³/mol. The number of pyridine rings is 1. The smallest absolute Gasteiger partial charge is 0.0780 e. The molecule has 19 heavy (non-hydrogen) atoms. The van der Waals surface area contributed by atoms with Crippen LogP contribution in [-0.2, 0) is 15.7 Å². The quantitative estimate of drug-likeness (QED) is 0.474. The molecule has 0 bridgehead atoms. The van der Waals surface area contributed by atoms with Crippen molar-refractivity contribution in [2.24, 2.45) is 0 Å². The first-order chi connectivity index (χ1) is 9.36. The molecule has 0 aliphatic heterocycles. The van der Waals surface area contributed by atoms with Crippen molar-refractivity contribution in [3.63, 3.8) is 0 Å². The molecule has 0 spiro atoms. The van der Waals surface area contributed by atoms with Crippen molar-refractivity contribution in [1.29, 1.82) is 0 Å². The molecule has 0 saturated heterocycles. The maximum atomic E-state index is 4.89. The van der Waals surface area contributed by atoms with E-state index in [0.717, 1.165) is 5.69 Å². The molecule has 1 heterocycles. The van der Waals surface area contributed by atoms with Crippen LogP contribution in [0.25, 0.3) is 22.0 Å². The molecule has 0 atom stereocenters. The fraction of sp³-hybridized carbons (Fsp3) is 0. The average Bonchev–Trinajstić information content (AvgIpc) is 2.48. The minimum Gasteiger partial charge on any atom is -0.256 e. The largest absolute Gasteiger partial charge is 0.256 e. The number of fused-ring (bicyclic) bond motifs is 1. The number of halogens is 2. The Morgan fingerprint density at radius 2 is 1.42 bits per heavy atom. The SMILES string of the molecule is [Cl][Ir][Cl].c1ccc(-c2nccc3ccccc23)cc1. The zero-order chi connectivity index (χ0) is 13.5. The number of benzene rings is 2. The number of hydrogen-bond acceptors (Lipinski definition) is 1. The zero-order valence-electron chi connectivity index (χ0n) is 9.89. The summed E-state index contributed by atoms with van der Waals surface area (Å²) in [5, 5.41) is 2.44. The van der Waals surface area contributed by atoms with Crippen LogP contribution in [0.2, 0.25) is 0 Å². The average molecular weight is 468 g/mol. The zero-order valence-corrected chi connectivity index (χ0v) is 13.8. The second-order valence-electron chi connectivity index (χ2n) is 3.79. The van der Waals surface area contributed by atoms with Gasteiger partial charge < -0.3 is 0 Å². The standard InChI is InChI=1S/C15H11N.2ClH.Ir/c1-2-7-13(8-3-1)15-14-9-5-4-6-12(14)10-11-16-15;;;/h1-11H;2*1H;/q;;;+2/p-2. The Labute approximate surface area is 128 Å². The summed E-state index contributed by atoms with van der Waals surface area (Å²) in [4.78, 5) is 4.48. The molecule has 1 aromatic heterocycles. The fourth-order valence-electron chi connectivity index (χ4n) is 1.95. The third-order valence-electron chi connectivity index (χ3n) is 2.72. The molecular formula is C15H11Cl2IrN. The maximum absolute atomic E-state index is 4.89. The monoisotopic (exact) mass is 468 g/mol. The van der Waals surface area contributed by atoms with Crippen molar-refractivity contribution < 1.29 is 15.7 Å². The minimum absolute atomic E-state index is 0.556. The van der Waals surface area contributed by atoms with Crippen molar-refractivity contribution >= 4 is 29.9 Å². The molecule has 0 radical (unpaired) electrons. The summed E-state index contributed by atoms with van der Waals surface area (Å²) in [6.45, 7) is 0. The molecule has 3 rings (SSSR count). The van der Waals surface area contributed by atoms with E-state index < -0.39 is 15.7 Å². The molecule has 3 aromatic rings. The Balaban J connectivity index is 0.000000408. The molecule has 0 amide bonds. The Bertz CT molecular complexity index is 638. The number of aromatic nitrogens is 1. The topological polar surface area (TPSA) is 12.9 Å². The molecule has 2 aromatic carbocycles. The summed E-state index contributed by atoms with van der Waals surface area (Å²) in [5.74, 6) is 0. The van der Waals surface area contributed by atoms with Crippen LogP contribution in [-0.4, -0.2) is 4.98 Å². The Hall–Kier alpha value is -0.921. The second-order valence-corrected chi connectivity index (χ2v) is 7.25. The first-order valence-corrected chi connectivity index (χ1v) is 11.5. The van der Waals surface area contributed by atoms with Gasteiger partial charge in [-0.1, -0.05) is 54.6 Å². The molecule has 0 aliphatic carbocycles. The Morgan fingerprint density at radius 3 is 2.16 bits per heavy atom. The van der Waals surface area contributed by atoms with Gasteiger partial charge in [0.05, 0.1) is 5.69 Å². The molecule has 0 aliphatic rings. The summed E-state index contributed by atoms with van der Waals surface area (Å²) < 4.78 is 0. The predicted octanol–water partition coefficient (Wildman–Crippen LogP) is 5.28. The van der Waals surface area contributed by atoms with E-state index in [1.165, 1.54) is 16.3 Å². The van der Waals surface area contributed by atoms with E-state index in [0.29, 0.717) is 0 Å². The first kappa shape index (κ1) is 14.5. The summed E-state index contributed by atoms with van der Waals surface area (Å²) in [7, 11) is 9.78. The molecule has 0 N–H and O–H groups in total. The third-order valence-corrected chi connectivity index (χ3v) is 2.72. The van der Waals surface area contributed by atoms with Crippen molar-refractivity contribution in [3.05, 3.63) is 66.9 Å². The van der Waals surface area contributed by atoms with E-state index in [4.69, 9.17) is 19.2 Å². The van der Waals surface area contributed by atoms with Crippen LogP contribution in [0.3, 0.4) is 0 Å². The van der Waals surface area contributed by atoms with E-state index >= 15 is 0 Å². The Morgan fingerprint density at radius 1 is 0.789 bits per heavy atom. The van der Waals surface area contributed by atoms with Gasteiger partial charge in [0.1, 0.15) is 0 Å². The molecule has 1 nitrogen and oxygen atoms in total. The molecule has 4 heteroatoms. The van der Waals surface area contributed by atoms with E-state index in [-0.39, 0.29) is 0 Å². The van der Waals surface area contributed by atoms with Gasteiger partial charge in [0.15, 0.2) is 0 Å². The van der Waals surface area contributed by atoms with Crippen LogP contribution < -0.4 is 0 Å². The van der Waals surface area contributed by atoms with Crippen molar-refractivity contribution in [3.8, 4) is 11.3 Å². The number of nitrogens with zero attached hydrogens (tertiary/aromatic N) is 1. The van der Waals surface area contributed by atoms with Crippen LogP contribution in [0.5, 0.6) is 0 Å². The van der Waals surface area contributed by atoms with Gasteiger partial charge >= 0.3 is 34.8 Å². The summed E-state index contributed by atoms with van der Waals surface area (Å²) in [5.41, 5.74) is 2.22. The number of hydrogen-bond donors (Lipinski definition) is 0. The minimum atomic E-state index is -0.556. The van der Waals surface area contributed by atoms with E-state index in [1.807, 2.05) is 30.5 Å². The van der Waals surface area contributed by atoms with Gasteiger partial charge in [-0.05, 0) is 11.5 Å². The van der Waals surface area contributed by atoms with Crippen LogP contribution in [0.1, 0.15) is 0 Å². The van der Waals surface area contributed by atoms with Gasteiger partial charge in [-0.3, -0.25) is 4.98 Å². The van der Waals surface area contributed by atoms with E-state index in [1.54, 1.807) is 0 Å². The van der Waals surface area contributed by atoms with Crippen LogP contribution in [0.4, 0.5) is 0 Å². The fourth-order valence-corrected chi connectivity index (χ4v) is 1.95. The van der Waals surface area contributed by atoms with Crippen molar-refractivity contribution in [2.45, 2.75) is 0 Å². The molecular weight excluding hydrogens is 457 g/mol. The first-order valence-electron chi connectivity index (χ1n) is 5.59. The summed E-state index contributed by atoms with van der Waals surface area (Å²) in [6.07, 6.45) is 1.87. The van der Waals surface area contributed by atoms with Crippen molar-refractivity contribution in [1.82, 2.24) is 4.98 Å². The third kappa shape index (κ3) is 3.77. The second kappa shape index (κ2) is 7.62. The van der Waals surface area contributed by atoms with Crippen LogP contribution in [0, 0.1) is 0 Å². The van der Waals surface area contributed by atoms with E-state index in [2.05, 4.69) is 41.4 Å². The normalized spacial score (nSPS) is 10.0. The molecule has 0 unspecified atom stereocenters. The van der Waals surface area contributed by atoms with Gasteiger partial charge in [-0.15, -0.1) is 0 Å². The Kier molecular flexibility index (Phi) is 5.81. The van der Waals surface area contributed by atoms with Gasteiger partial charge in [0.25, 0.3) is 0 Å². The molecule has 99 valence electrons. The summed E-state index contributed by atoms with van der Waals surface area (Å²) in [6, 6.07) is 20.7. The van der Waals surface area contributed by atoms with Gasteiger partial charge in [0.2, 0.25) is 0 Å². The maximum Gasteiger partial charge on any atom is 0.0780 e. The molecule has 0 saturated carbocycles. The van der Waals surface area contributed by atoms with E-state index in [9.17, 15) is 0 Å².